The summed E-state index contributed by atoms with van der Waals surface area (Å²) in [5.74, 6) is 0.776. The Bertz CT molecular complexity index is 613. The summed E-state index contributed by atoms with van der Waals surface area (Å²) >= 11 is 0. The first-order valence-electron chi connectivity index (χ1n) is 5.66. The van der Waals surface area contributed by atoms with Crippen LogP contribution in [0.25, 0.3) is 0 Å². The lowest BCUT2D eigenvalue weighted by Crippen LogP contribution is -2.15. The topological polar surface area (TPSA) is 52.8 Å². The molecule has 2 rings (SSSR count). The average molecular weight is 238 g/mol. The molecule has 4 nitrogen and oxygen atoms in total. The second-order valence-electron chi connectivity index (χ2n) is 4.11. The Hall–Kier alpha value is -2.41. The van der Waals surface area contributed by atoms with Crippen molar-refractivity contribution in [1.29, 1.82) is 5.26 Å². The molecule has 0 saturated heterocycles. The second kappa shape index (κ2) is 4.84. The molecular weight excluding hydrogens is 224 g/mol. The first-order valence-corrected chi connectivity index (χ1v) is 5.66. The van der Waals surface area contributed by atoms with Crippen molar-refractivity contribution in [2.45, 2.75) is 13.8 Å². The number of aryl methyl sites for hydroxylation is 2. The van der Waals surface area contributed by atoms with Gasteiger partial charge in [0, 0.05) is 13.2 Å². The molecular formula is C14H14N4. The minimum Gasteiger partial charge on any atom is -0.327 e. The van der Waals surface area contributed by atoms with Gasteiger partial charge in [-0.2, -0.15) is 5.26 Å². The van der Waals surface area contributed by atoms with Crippen molar-refractivity contribution in [3.05, 3.63) is 47.4 Å². The maximum absolute atomic E-state index is 9.13. The predicted molar refractivity (Wildman–Crippen MR) is 70.7 cm³/mol. The third-order valence-electron chi connectivity index (χ3n) is 2.75. The first-order chi connectivity index (χ1) is 8.63. The van der Waals surface area contributed by atoms with E-state index in [4.69, 9.17) is 5.26 Å². The van der Waals surface area contributed by atoms with Crippen LogP contribution in [0.15, 0.2) is 30.5 Å². The van der Waals surface area contributed by atoms with E-state index in [0.29, 0.717) is 5.56 Å². The van der Waals surface area contributed by atoms with E-state index < -0.39 is 0 Å². The molecule has 0 fully saturated rings. The third-order valence-corrected chi connectivity index (χ3v) is 2.75. The molecule has 1 aromatic carbocycles. The Morgan fingerprint density at radius 3 is 2.67 bits per heavy atom. The number of hydrogen-bond acceptors (Lipinski definition) is 4. The number of anilines is 2. The maximum Gasteiger partial charge on any atom is 0.154 e. The zero-order valence-corrected chi connectivity index (χ0v) is 10.7. The Labute approximate surface area is 107 Å². The van der Waals surface area contributed by atoms with Crippen LogP contribution in [-0.2, 0) is 0 Å². The quantitative estimate of drug-likeness (QED) is 0.807. The van der Waals surface area contributed by atoms with Crippen molar-refractivity contribution in [2.24, 2.45) is 0 Å². The molecule has 0 N–H and O–H groups in total. The molecule has 0 saturated carbocycles. The van der Waals surface area contributed by atoms with Gasteiger partial charge in [0.15, 0.2) is 5.82 Å². The zero-order valence-electron chi connectivity index (χ0n) is 10.7. The molecule has 0 atom stereocenters. The van der Waals surface area contributed by atoms with Gasteiger partial charge in [-0.3, -0.25) is 4.98 Å². The van der Waals surface area contributed by atoms with Crippen LogP contribution < -0.4 is 4.90 Å². The van der Waals surface area contributed by atoms with Crippen LogP contribution in [0.5, 0.6) is 0 Å². The molecule has 2 aromatic rings. The van der Waals surface area contributed by atoms with Gasteiger partial charge < -0.3 is 4.90 Å². The molecule has 0 aliphatic rings. The molecule has 0 aliphatic heterocycles. The lowest BCUT2D eigenvalue weighted by Gasteiger charge is -2.21. The van der Waals surface area contributed by atoms with Crippen molar-refractivity contribution >= 4 is 11.5 Å². The van der Waals surface area contributed by atoms with E-state index in [1.807, 2.05) is 44.0 Å². The maximum atomic E-state index is 9.13. The lowest BCUT2D eigenvalue weighted by molar-refractivity contribution is 1.01. The van der Waals surface area contributed by atoms with E-state index in [-0.39, 0.29) is 0 Å². The summed E-state index contributed by atoms with van der Waals surface area (Å²) in [6.45, 7) is 3.81. The van der Waals surface area contributed by atoms with Crippen LogP contribution in [0.1, 0.15) is 17.0 Å². The van der Waals surface area contributed by atoms with Crippen molar-refractivity contribution in [3.8, 4) is 6.07 Å². The minimum atomic E-state index is 0.628. The second-order valence-corrected chi connectivity index (χ2v) is 4.11. The van der Waals surface area contributed by atoms with E-state index in [1.54, 1.807) is 12.3 Å². The highest BCUT2D eigenvalue weighted by Crippen LogP contribution is 2.26. The van der Waals surface area contributed by atoms with E-state index >= 15 is 0 Å². The van der Waals surface area contributed by atoms with Crippen molar-refractivity contribution in [2.75, 3.05) is 11.9 Å². The Morgan fingerprint density at radius 1 is 1.22 bits per heavy atom. The Morgan fingerprint density at radius 2 is 1.94 bits per heavy atom. The van der Waals surface area contributed by atoms with Crippen molar-refractivity contribution in [3.63, 3.8) is 0 Å². The Kier molecular flexibility index (Phi) is 3.24. The summed E-state index contributed by atoms with van der Waals surface area (Å²) in [5, 5.41) is 9.13. The molecule has 0 unspecified atom stereocenters. The largest absolute Gasteiger partial charge is 0.327 e. The molecule has 0 aliphatic carbocycles. The number of para-hydroxylation sites is 1. The fourth-order valence-corrected chi connectivity index (χ4v) is 1.82. The molecule has 4 heteroatoms. The summed E-state index contributed by atoms with van der Waals surface area (Å²) in [7, 11) is 1.90. The van der Waals surface area contributed by atoms with Gasteiger partial charge in [-0.05, 0) is 26.0 Å². The van der Waals surface area contributed by atoms with Crippen LogP contribution in [0.3, 0.4) is 0 Å². The SMILES string of the molecule is Cc1cnc(C)c(N(C)c2ccccc2C#N)n1. The van der Waals surface area contributed by atoms with Gasteiger partial charge in [-0.1, -0.05) is 12.1 Å². The van der Waals surface area contributed by atoms with Gasteiger partial charge in [-0.15, -0.1) is 0 Å². The number of aromatic nitrogens is 2. The van der Waals surface area contributed by atoms with Crippen LogP contribution >= 0.6 is 0 Å². The highest BCUT2D eigenvalue weighted by atomic mass is 15.2. The third kappa shape index (κ3) is 2.16. The van der Waals surface area contributed by atoms with E-state index in [2.05, 4.69) is 16.0 Å². The number of rotatable bonds is 2. The average Bonchev–Trinajstić information content (AvgIpc) is 2.40. The summed E-state index contributed by atoms with van der Waals surface area (Å²) in [6.07, 6.45) is 1.74. The molecule has 1 heterocycles. The van der Waals surface area contributed by atoms with E-state index in [0.717, 1.165) is 22.9 Å². The highest BCUT2D eigenvalue weighted by Gasteiger charge is 2.12. The van der Waals surface area contributed by atoms with E-state index in [1.165, 1.54) is 0 Å². The summed E-state index contributed by atoms with van der Waals surface area (Å²) < 4.78 is 0. The Balaban J connectivity index is 2.51. The standard InChI is InChI=1S/C14H14N4/c1-10-9-16-11(2)14(17-10)18(3)13-7-5-4-6-12(13)8-15/h4-7,9H,1-3H3. The van der Waals surface area contributed by atoms with Gasteiger partial charge in [0.25, 0.3) is 0 Å². The molecule has 1 aromatic heterocycles. The summed E-state index contributed by atoms with van der Waals surface area (Å²) in [5.41, 5.74) is 3.17. The number of nitrogens with zero attached hydrogens (tertiary/aromatic N) is 4. The zero-order chi connectivity index (χ0) is 13.1. The monoisotopic (exact) mass is 238 g/mol. The number of benzene rings is 1. The van der Waals surface area contributed by atoms with Gasteiger partial charge >= 0.3 is 0 Å². The van der Waals surface area contributed by atoms with E-state index in [9.17, 15) is 0 Å². The molecule has 0 spiro atoms. The fourth-order valence-electron chi connectivity index (χ4n) is 1.82. The van der Waals surface area contributed by atoms with Gasteiger partial charge in [0.2, 0.25) is 0 Å². The molecule has 0 bridgehead atoms. The minimum absolute atomic E-state index is 0.628. The fraction of sp³-hybridized carbons (Fsp3) is 0.214. The van der Waals surface area contributed by atoms with Crippen LogP contribution in [0.2, 0.25) is 0 Å². The predicted octanol–water partition coefficient (Wildman–Crippen LogP) is 2.73. The smallest absolute Gasteiger partial charge is 0.154 e. The van der Waals surface area contributed by atoms with Crippen molar-refractivity contribution < 1.29 is 0 Å². The van der Waals surface area contributed by atoms with Gasteiger partial charge in [0.05, 0.1) is 22.6 Å². The number of hydrogen-bond donors (Lipinski definition) is 0. The summed E-state index contributed by atoms with van der Waals surface area (Å²) in [4.78, 5) is 10.7. The normalized spacial score (nSPS) is 9.89. The number of nitriles is 1. The molecule has 18 heavy (non-hydrogen) atoms. The van der Waals surface area contributed by atoms with Crippen LogP contribution in [0.4, 0.5) is 11.5 Å². The van der Waals surface area contributed by atoms with Gasteiger partial charge in [-0.25, -0.2) is 4.98 Å². The van der Waals surface area contributed by atoms with Crippen LogP contribution in [0, 0.1) is 25.2 Å². The highest BCUT2D eigenvalue weighted by molar-refractivity contribution is 5.67. The molecule has 0 amide bonds. The molecule has 90 valence electrons. The first kappa shape index (κ1) is 12.1. The van der Waals surface area contributed by atoms with Crippen LogP contribution in [-0.4, -0.2) is 17.0 Å². The summed E-state index contributed by atoms with van der Waals surface area (Å²) in [6, 6.07) is 9.65. The van der Waals surface area contributed by atoms with Gasteiger partial charge in [0.1, 0.15) is 6.07 Å². The van der Waals surface area contributed by atoms with Crippen molar-refractivity contribution in [1.82, 2.24) is 9.97 Å². The molecule has 0 radical (unpaired) electrons. The lowest BCUT2D eigenvalue weighted by atomic mass is 10.2.